The van der Waals surface area contributed by atoms with Crippen LogP contribution in [0, 0.1) is 12.8 Å². The first-order valence-electron chi connectivity index (χ1n) is 5.29. The summed E-state index contributed by atoms with van der Waals surface area (Å²) in [5, 5.41) is 0.424. The normalized spacial score (nSPS) is 10.8. The molecule has 1 aromatic heterocycles. The Balaban J connectivity index is 2.29. The Kier molecular flexibility index (Phi) is 5.49. The molecule has 0 aliphatic carbocycles. The molecule has 0 aromatic carbocycles. The number of halogens is 1. The maximum Gasteiger partial charge on any atom is 0.220 e. The molecule has 4 nitrogen and oxygen atoms in total. The van der Waals surface area contributed by atoms with Crippen LogP contribution in [0.25, 0.3) is 0 Å². The van der Waals surface area contributed by atoms with Gasteiger partial charge in [0, 0.05) is 12.2 Å². The van der Waals surface area contributed by atoms with E-state index >= 15 is 0 Å². The Morgan fingerprint density at radius 1 is 1.31 bits per heavy atom. The molecule has 16 heavy (non-hydrogen) atoms. The van der Waals surface area contributed by atoms with Gasteiger partial charge in [-0.2, -0.15) is 0 Å². The highest BCUT2D eigenvalue weighted by molar-refractivity contribution is 6.30. The average molecular weight is 245 g/mol. The number of hydrogen-bond donors (Lipinski definition) is 0. The molecule has 0 aliphatic heterocycles. The summed E-state index contributed by atoms with van der Waals surface area (Å²) >= 11 is 5.83. The van der Waals surface area contributed by atoms with Crippen LogP contribution in [-0.2, 0) is 4.74 Å². The van der Waals surface area contributed by atoms with E-state index in [4.69, 9.17) is 21.1 Å². The van der Waals surface area contributed by atoms with Crippen LogP contribution < -0.4 is 4.74 Å². The Morgan fingerprint density at radius 3 is 2.75 bits per heavy atom. The molecule has 1 rings (SSSR count). The van der Waals surface area contributed by atoms with Crippen LogP contribution in [-0.4, -0.2) is 29.8 Å². The lowest BCUT2D eigenvalue weighted by molar-refractivity contribution is 0.0803. The van der Waals surface area contributed by atoms with Crippen LogP contribution in [0.15, 0.2) is 6.33 Å². The van der Waals surface area contributed by atoms with Gasteiger partial charge in [-0.05, 0) is 12.8 Å². The Morgan fingerprint density at radius 2 is 2.06 bits per heavy atom. The first kappa shape index (κ1) is 13.2. The summed E-state index contributed by atoms with van der Waals surface area (Å²) in [4.78, 5) is 7.85. The molecule has 0 fully saturated rings. The Labute approximate surface area is 101 Å². The molecule has 0 bridgehead atoms. The summed E-state index contributed by atoms with van der Waals surface area (Å²) < 4.78 is 10.8. The van der Waals surface area contributed by atoms with E-state index in [1.807, 2.05) is 6.92 Å². The summed E-state index contributed by atoms with van der Waals surface area (Å²) in [7, 11) is 0. The zero-order valence-corrected chi connectivity index (χ0v) is 10.6. The lowest BCUT2D eigenvalue weighted by Crippen LogP contribution is -2.11. The molecule has 0 amide bonds. The van der Waals surface area contributed by atoms with Crippen molar-refractivity contribution in [3.05, 3.63) is 17.0 Å². The van der Waals surface area contributed by atoms with Crippen LogP contribution in [0.5, 0.6) is 5.88 Å². The van der Waals surface area contributed by atoms with Gasteiger partial charge in [0.25, 0.3) is 0 Å². The van der Waals surface area contributed by atoms with E-state index in [9.17, 15) is 0 Å². The average Bonchev–Trinajstić information content (AvgIpc) is 2.23. The topological polar surface area (TPSA) is 44.2 Å². The molecule has 0 spiro atoms. The minimum atomic E-state index is 0.424. The maximum atomic E-state index is 5.83. The van der Waals surface area contributed by atoms with Gasteiger partial charge in [-0.25, -0.2) is 9.97 Å². The van der Waals surface area contributed by atoms with Crippen molar-refractivity contribution in [1.82, 2.24) is 9.97 Å². The minimum Gasteiger partial charge on any atom is -0.475 e. The quantitative estimate of drug-likeness (QED) is 0.570. The smallest absolute Gasteiger partial charge is 0.220 e. The molecule has 1 aromatic rings. The van der Waals surface area contributed by atoms with E-state index in [0.717, 1.165) is 12.2 Å². The van der Waals surface area contributed by atoms with Crippen LogP contribution >= 0.6 is 11.6 Å². The van der Waals surface area contributed by atoms with E-state index in [1.165, 1.54) is 6.33 Å². The summed E-state index contributed by atoms with van der Waals surface area (Å²) in [5.74, 6) is 1.06. The lowest BCUT2D eigenvalue weighted by atomic mass is 10.2. The molecule has 0 N–H and O–H groups in total. The van der Waals surface area contributed by atoms with Gasteiger partial charge in [0.15, 0.2) is 0 Å². The van der Waals surface area contributed by atoms with Crippen molar-refractivity contribution >= 4 is 11.6 Å². The molecule has 0 atom stereocenters. The molecule has 90 valence electrons. The highest BCUT2D eigenvalue weighted by Gasteiger charge is 2.05. The van der Waals surface area contributed by atoms with Crippen molar-refractivity contribution < 1.29 is 9.47 Å². The third-order valence-corrected chi connectivity index (χ3v) is 2.28. The monoisotopic (exact) mass is 244 g/mol. The van der Waals surface area contributed by atoms with E-state index < -0.39 is 0 Å². The van der Waals surface area contributed by atoms with Gasteiger partial charge >= 0.3 is 0 Å². The van der Waals surface area contributed by atoms with Gasteiger partial charge in [0.1, 0.15) is 18.1 Å². The largest absolute Gasteiger partial charge is 0.475 e. The molecule has 0 saturated carbocycles. The second kappa shape index (κ2) is 6.66. The fourth-order valence-electron chi connectivity index (χ4n) is 1.08. The van der Waals surface area contributed by atoms with Gasteiger partial charge in [-0.1, -0.05) is 25.4 Å². The van der Waals surface area contributed by atoms with Gasteiger partial charge in [0.2, 0.25) is 5.88 Å². The van der Waals surface area contributed by atoms with Crippen molar-refractivity contribution in [1.29, 1.82) is 0 Å². The van der Waals surface area contributed by atoms with Crippen molar-refractivity contribution in [2.45, 2.75) is 20.8 Å². The molecular weight excluding hydrogens is 228 g/mol. The standard InChI is InChI=1S/C11H17ClN2O2/c1-8(2)6-15-4-5-16-11-9(3)10(12)13-7-14-11/h7-8H,4-6H2,1-3H3. The molecule has 0 saturated heterocycles. The summed E-state index contributed by atoms with van der Waals surface area (Å²) in [6.45, 7) is 7.81. The first-order chi connectivity index (χ1) is 7.61. The van der Waals surface area contributed by atoms with Crippen LogP contribution in [0.2, 0.25) is 5.15 Å². The van der Waals surface area contributed by atoms with Crippen molar-refractivity contribution in [3.8, 4) is 5.88 Å². The van der Waals surface area contributed by atoms with E-state index in [0.29, 0.717) is 30.2 Å². The third-order valence-electron chi connectivity index (χ3n) is 1.89. The Hall–Kier alpha value is -0.870. The minimum absolute atomic E-state index is 0.424. The van der Waals surface area contributed by atoms with Gasteiger partial charge in [-0.3, -0.25) is 0 Å². The highest BCUT2D eigenvalue weighted by Crippen LogP contribution is 2.19. The number of nitrogens with zero attached hydrogens (tertiary/aromatic N) is 2. The number of aromatic nitrogens is 2. The zero-order chi connectivity index (χ0) is 12.0. The number of ether oxygens (including phenoxy) is 2. The fraction of sp³-hybridized carbons (Fsp3) is 0.636. The van der Waals surface area contributed by atoms with Crippen molar-refractivity contribution in [3.63, 3.8) is 0 Å². The summed E-state index contributed by atoms with van der Waals surface area (Å²) in [5.41, 5.74) is 0.757. The first-order valence-corrected chi connectivity index (χ1v) is 5.66. The molecule has 5 heteroatoms. The van der Waals surface area contributed by atoms with Crippen LogP contribution in [0.4, 0.5) is 0 Å². The number of rotatable bonds is 6. The second-order valence-electron chi connectivity index (χ2n) is 3.91. The van der Waals surface area contributed by atoms with Crippen molar-refractivity contribution in [2.24, 2.45) is 5.92 Å². The molecular formula is C11H17ClN2O2. The zero-order valence-electron chi connectivity index (χ0n) is 9.86. The lowest BCUT2D eigenvalue weighted by Gasteiger charge is -2.09. The number of hydrogen-bond acceptors (Lipinski definition) is 4. The van der Waals surface area contributed by atoms with E-state index in [2.05, 4.69) is 23.8 Å². The molecule has 0 aliphatic rings. The predicted molar refractivity (Wildman–Crippen MR) is 62.9 cm³/mol. The second-order valence-corrected chi connectivity index (χ2v) is 4.27. The van der Waals surface area contributed by atoms with Gasteiger partial charge in [0.05, 0.1) is 6.61 Å². The van der Waals surface area contributed by atoms with Gasteiger partial charge in [-0.15, -0.1) is 0 Å². The highest BCUT2D eigenvalue weighted by atomic mass is 35.5. The summed E-state index contributed by atoms with van der Waals surface area (Å²) in [6.07, 6.45) is 1.39. The van der Waals surface area contributed by atoms with E-state index in [1.54, 1.807) is 0 Å². The van der Waals surface area contributed by atoms with Crippen LogP contribution in [0.1, 0.15) is 19.4 Å². The fourth-order valence-corrected chi connectivity index (χ4v) is 1.20. The molecule has 1 heterocycles. The molecule has 0 radical (unpaired) electrons. The van der Waals surface area contributed by atoms with Crippen molar-refractivity contribution in [2.75, 3.05) is 19.8 Å². The SMILES string of the molecule is Cc1c(Cl)ncnc1OCCOCC(C)C. The molecule has 0 unspecified atom stereocenters. The Bertz CT molecular complexity index is 332. The third kappa shape index (κ3) is 4.33. The van der Waals surface area contributed by atoms with Gasteiger partial charge < -0.3 is 9.47 Å². The maximum absolute atomic E-state index is 5.83. The summed E-state index contributed by atoms with van der Waals surface area (Å²) in [6, 6.07) is 0. The van der Waals surface area contributed by atoms with E-state index in [-0.39, 0.29) is 0 Å². The predicted octanol–water partition coefficient (Wildman–Crippen LogP) is 2.49. The van der Waals surface area contributed by atoms with Crippen LogP contribution in [0.3, 0.4) is 0 Å².